The molecule has 0 bridgehead atoms. The van der Waals surface area contributed by atoms with Crippen LogP contribution in [0.15, 0.2) is 12.1 Å². The van der Waals surface area contributed by atoms with Crippen LogP contribution in [0, 0.1) is 11.8 Å². The molecule has 2 saturated heterocycles. The number of aryl methyl sites for hydroxylation is 3. The standard InChI is InChI=1S/C38H54N8O6S2/c1-44(2)19-24-14-15-46(22-24)54(51,52)43-38(48)41-36-32-11-5-8-28(32)17-34-29(12-13-33(34)36)23-45-20-25(21-45)18-39-53(49,50)42-37(47)40-35-30-9-3-6-26(30)16-27-7-4-10-31(27)35/h16-17,24-25,29,39H,3-15,18-23H2,1-2H3,(H2,40,42,47)(H2,41,43,48). The number of nitrogens with one attached hydrogen (secondary N) is 5. The minimum Gasteiger partial charge on any atom is -0.309 e. The number of rotatable bonds is 12. The van der Waals surface area contributed by atoms with Crippen molar-refractivity contribution in [3.63, 3.8) is 0 Å². The molecule has 14 nitrogen and oxygen atoms in total. The van der Waals surface area contributed by atoms with Crippen molar-refractivity contribution in [1.82, 2.24) is 28.3 Å². The highest BCUT2D eigenvalue weighted by atomic mass is 32.2. The molecular formula is C38H54N8O6S2. The van der Waals surface area contributed by atoms with Crippen molar-refractivity contribution in [2.45, 2.75) is 83.0 Å². The second kappa shape index (κ2) is 15.0. The number of carbonyl (C=O) groups is 2. The summed E-state index contributed by atoms with van der Waals surface area (Å²) in [6, 6.07) is 3.12. The van der Waals surface area contributed by atoms with Crippen LogP contribution in [0.5, 0.6) is 0 Å². The summed E-state index contributed by atoms with van der Waals surface area (Å²) in [6.45, 7) is 4.14. The van der Waals surface area contributed by atoms with Crippen LogP contribution < -0.4 is 24.8 Å². The van der Waals surface area contributed by atoms with Crippen molar-refractivity contribution in [3.05, 3.63) is 56.6 Å². The Morgan fingerprint density at radius 3 is 1.94 bits per heavy atom. The average Bonchev–Trinajstić information content (AvgIpc) is 3.92. The fourth-order valence-corrected chi connectivity index (χ4v) is 12.0. The van der Waals surface area contributed by atoms with E-state index in [1.165, 1.54) is 26.6 Å². The summed E-state index contributed by atoms with van der Waals surface area (Å²) in [5, 5.41) is 5.87. The molecule has 2 unspecified atom stereocenters. The maximum Gasteiger partial charge on any atom is 0.333 e. The summed E-state index contributed by atoms with van der Waals surface area (Å²) in [7, 11) is -4.05. The van der Waals surface area contributed by atoms with Gasteiger partial charge in [-0.3, -0.25) is 0 Å². The van der Waals surface area contributed by atoms with Gasteiger partial charge in [-0.05, 0) is 153 Å². The topological polar surface area (TPSA) is 172 Å². The number of hydrogen-bond acceptors (Lipinski definition) is 8. The van der Waals surface area contributed by atoms with Gasteiger partial charge in [0, 0.05) is 57.2 Å². The number of likely N-dealkylation sites (tertiary alicyclic amines) is 1. The first-order valence-corrected chi connectivity index (χ1v) is 22.6. The van der Waals surface area contributed by atoms with Crippen LogP contribution in [0.3, 0.4) is 0 Å². The zero-order valence-corrected chi connectivity index (χ0v) is 33.1. The predicted octanol–water partition coefficient (Wildman–Crippen LogP) is 3.02. The molecule has 0 spiro atoms. The first-order chi connectivity index (χ1) is 25.8. The Morgan fingerprint density at radius 1 is 0.722 bits per heavy atom. The number of hydrogen-bond donors (Lipinski definition) is 5. The van der Waals surface area contributed by atoms with Crippen LogP contribution in [0.4, 0.5) is 21.0 Å². The zero-order chi connectivity index (χ0) is 37.8. The van der Waals surface area contributed by atoms with Gasteiger partial charge in [0.2, 0.25) is 0 Å². The van der Waals surface area contributed by atoms with Gasteiger partial charge in [-0.1, -0.05) is 12.1 Å². The lowest BCUT2D eigenvalue weighted by molar-refractivity contribution is 0.0957. The molecule has 54 heavy (non-hydrogen) atoms. The molecule has 0 aromatic heterocycles. The first kappa shape index (κ1) is 37.6. The van der Waals surface area contributed by atoms with Gasteiger partial charge in [-0.15, -0.1) is 0 Å². The Labute approximate surface area is 319 Å². The minimum absolute atomic E-state index is 0.128. The Balaban J connectivity index is 0.832. The molecule has 0 radical (unpaired) electrons. The molecule has 2 fully saturated rings. The first-order valence-electron chi connectivity index (χ1n) is 19.7. The Kier molecular flexibility index (Phi) is 10.4. The van der Waals surface area contributed by atoms with Crippen molar-refractivity contribution < 1.29 is 26.4 Å². The molecular weight excluding hydrogens is 729 g/mol. The third-order valence-corrected chi connectivity index (χ3v) is 14.9. The van der Waals surface area contributed by atoms with Crippen LogP contribution in [0.25, 0.3) is 0 Å². The summed E-state index contributed by atoms with van der Waals surface area (Å²) in [4.78, 5) is 30.5. The maximum absolute atomic E-state index is 13.2. The van der Waals surface area contributed by atoms with E-state index in [0.29, 0.717) is 13.1 Å². The molecule has 2 atom stereocenters. The lowest BCUT2D eigenvalue weighted by Crippen LogP contribution is -2.53. The molecule has 8 rings (SSSR count). The molecule has 2 heterocycles. The molecule has 2 aromatic carbocycles. The van der Waals surface area contributed by atoms with E-state index in [1.807, 2.05) is 14.1 Å². The Bertz CT molecular complexity index is 2020. The van der Waals surface area contributed by atoms with Crippen LogP contribution in [-0.2, 0) is 65.4 Å². The minimum atomic E-state index is -4.04. The maximum atomic E-state index is 13.2. The molecule has 2 aliphatic heterocycles. The fraction of sp³-hybridized carbons (Fsp3) is 0.632. The van der Waals surface area contributed by atoms with Crippen LogP contribution in [0.2, 0.25) is 0 Å². The lowest BCUT2D eigenvalue weighted by Gasteiger charge is -2.41. The lowest BCUT2D eigenvalue weighted by atomic mass is 9.92. The number of anilines is 2. The van der Waals surface area contributed by atoms with E-state index in [9.17, 15) is 26.4 Å². The summed E-state index contributed by atoms with van der Waals surface area (Å²) >= 11 is 0. The number of amides is 4. The van der Waals surface area contributed by atoms with Gasteiger partial charge in [-0.25, -0.2) is 19.0 Å². The Morgan fingerprint density at radius 2 is 1.31 bits per heavy atom. The monoisotopic (exact) mass is 782 g/mol. The largest absolute Gasteiger partial charge is 0.333 e. The van der Waals surface area contributed by atoms with Gasteiger partial charge < -0.3 is 20.4 Å². The van der Waals surface area contributed by atoms with Gasteiger partial charge in [0.05, 0.1) is 0 Å². The molecule has 294 valence electrons. The van der Waals surface area contributed by atoms with E-state index in [-0.39, 0.29) is 24.3 Å². The van der Waals surface area contributed by atoms with Crippen molar-refractivity contribution in [3.8, 4) is 0 Å². The summed E-state index contributed by atoms with van der Waals surface area (Å²) < 4.78 is 60.4. The van der Waals surface area contributed by atoms with Crippen LogP contribution in [-0.4, -0.2) is 103 Å². The highest BCUT2D eigenvalue weighted by Gasteiger charge is 2.37. The second-order valence-corrected chi connectivity index (χ2v) is 19.8. The normalized spacial score (nSPS) is 22.5. The molecule has 5 N–H and O–H groups in total. The highest BCUT2D eigenvalue weighted by Crippen LogP contribution is 2.44. The van der Waals surface area contributed by atoms with Gasteiger partial charge in [-0.2, -0.15) is 25.9 Å². The van der Waals surface area contributed by atoms with Crippen molar-refractivity contribution in [2.75, 3.05) is 70.5 Å². The molecule has 2 aromatic rings. The van der Waals surface area contributed by atoms with Crippen molar-refractivity contribution in [2.24, 2.45) is 11.8 Å². The molecule has 16 heteroatoms. The zero-order valence-electron chi connectivity index (χ0n) is 31.4. The Hall–Kier alpha value is -3.28. The highest BCUT2D eigenvalue weighted by molar-refractivity contribution is 7.88. The van der Waals surface area contributed by atoms with Gasteiger partial charge >= 0.3 is 32.5 Å². The predicted molar refractivity (Wildman–Crippen MR) is 208 cm³/mol. The van der Waals surface area contributed by atoms with Gasteiger partial charge in [0.1, 0.15) is 0 Å². The molecule has 6 aliphatic rings. The number of nitrogens with zero attached hydrogens (tertiary/aromatic N) is 3. The van der Waals surface area contributed by atoms with Gasteiger partial charge in [0.25, 0.3) is 0 Å². The van der Waals surface area contributed by atoms with Crippen LogP contribution in [0.1, 0.15) is 82.5 Å². The van der Waals surface area contributed by atoms with Crippen molar-refractivity contribution in [1.29, 1.82) is 0 Å². The van der Waals surface area contributed by atoms with E-state index in [1.54, 1.807) is 0 Å². The molecule has 0 saturated carbocycles. The quantitative estimate of drug-likeness (QED) is 0.219. The van der Waals surface area contributed by atoms with E-state index < -0.39 is 32.5 Å². The van der Waals surface area contributed by atoms with E-state index in [4.69, 9.17) is 0 Å². The number of fused-ring (bicyclic) bond motifs is 4. The summed E-state index contributed by atoms with van der Waals surface area (Å²) in [5.74, 6) is 0.627. The number of carbonyl (C=O) groups excluding carboxylic acids is 2. The van der Waals surface area contributed by atoms with Crippen LogP contribution >= 0.6 is 0 Å². The number of benzene rings is 2. The molecule has 4 amide bonds. The molecule has 4 aliphatic carbocycles. The van der Waals surface area contributed by atoms with E-state index >= 15 is 0 Å². The summed E-state index contributed by atoms with van der Waals surface area (Å²) in [6.07, 6.45) is 11.1. The number of urea groups is 2. The van der Waals surface area contributed by atoms with Gasteiger partial charge in [0.15, 0.2) is 0 Å². The second-order valence-electron chi connectivity index (χ2n) is 16.6. The third-order valence-electron chi connectivity index (χ3n) is 12.4. The fourth-order valence-electron chi connectivity index (χ4n) is 10.0. The summed E-state index contributed by atoms with van der Waals surface area (Å²) in [5.41, 5.74) is 11.1. The SMILES string of the molecule is CN(C)CC1CCN(S(=O)(=O)NC(=O)Nc2c3c(cc4c2CCC4CN2CC(CNS(=O)(=O)NC(=O)Nc4c5c(cc6c4CCC6)CCC5)C2)CCC3)C1. The van der Waals surface area contributed by atoms with E-state index in [0.717, 1.165) is 137 Å². The average molecular weight is 783 g/mol. The van der Waals surface area contributed by atoms with E-state index in [2.05, 4.69) is 46.7 Å². The smallest absolute Gasteiger partial charge is 0.309 e. The third kappa shape index (κ3) is 7.87. The van der Waals surface area contributed by atoms with Crippen molar-refractivity contribution >= 4 is 43.9 Å².